The van der Waals surface area contributed by atoms with Crippen LogP contribution in [0.1, 0.15) is 49.9 Å². The molecule has 1 aromatic carbocycles. The van der Waals surface area contributed by atoms with Crippen LogP contribution in [0.3, 0.4) is 0 Å². The highest BCUT2D eigenvalue weighted by molar-refractivity contribution is 5.32. The van der Waals surface area contributed by atoms with Gasteiger partial charge in [0.15, 0.2) is 5.82 Å². The van der Waals surface area contributed by atoms with Gasteiger partial charge < -0.3 is 14.6 Å². The Morgan fingerprint density at radius 2 is 2.27 bits per heavy atom. The Balaban J connectivity index is 1.64. The lowest BCUT2D eigenvalue weighted by molar-refractivity contribution is 0.192. The number of ether oxygens (including phenoxy) is 1. The standard InChI is InChI=1S/C21H29N3O2/c1-14(22-2)9-19-23-20(26-24-19)21(13-16-7-8-17(21)10-16)12-15-5-4-6-18(11-15)25-3/h4-6,11,14,16-17,22H,7-10,12-13H2,1-3H3. The zero-order valence-electron chi connectivity index (χ0n) is 16.0. The van der Waals surface area contributed by atoms with Crippen LogP contribution in [-0.2, 0) is 18.3 Å². The fourth-order valence-electron chi connectivity index (χ4n) is 5.06. The first-order chi connectivity index (χ1) is 12.6. The molecule has 0 aliphatic heterocycles. The van der Waals surface area contributed by atoms with Gasteiger partial charge in [0.2, 0.25) is 5.89 Å². The van der Waals surface area contributed by atoms with Crippen LogP contribution in [-0.4, -0.2) is 30.3 Å². The first kappa shape index (κ1) is 17.5. The van der Waals surface area contributed by atoms with E-state index in [0.717, 1.165) is 42.6 Å². The van der Waals surface area contributed by atoms with Gasteiger partial charge in [0.1, 0.15) is 5.75 Å². The van der Waals surface area contributed by atoms with E-state index < -0.39 is 0 Å². The van der Waals surface area contributed by atoms with Crippen molar-refractivity contribution in [3.63, 3.8) is 0 Å². The van der Waals surface area contributed by atoms with Crippen molar-refractivity contribution < 1.29 is 9.26 Å². The van der Waals surface area contributed by atoms with Gasteiger partial charge in [0.05, 0.1) is 12.5 Å². The van der Waals surface area contributed by atoms with E-state index in [2.05, 4.69) is 35.6 Å². The number of nitrogens with one attached hydrogen (secondary N) is 1. The summed E-state index contributed by atoms with van der Waals surface area (Å²) in [5.41, 5.74) is 1.28. The topological polar surface area (TPSA) is 60.2 Å². The molecule has 4 atom stereocenters. The summed E-state index contributed by atoms with van der Waals surface area (Å²) in [6.07, 6.45) is 6.84. The van der Waals surface area contributed by atoms with Crippen molar-refractivity contribution in [2.75, 3.05) is 14.2 Å². The quantitative estimate of drug-likeness (QED) is 0.823. The fraction of sp³-hybridized carbons (Fsp3) is 0.619. The van der Waals surface area contributed by atoms with Crippen molar-refractivity contribution in [1.29, 1.82) is 0 Å². The molecule has 1 N–H and O–H groups in total. The molecule has 26 heavy (non-hydrogen) atoms. The molecule has 2 saturated carbocycles. The first-order valence-corrected chi connectivity index (χ1v) is 9.76. The molecule has 2 aliphatic rings. The highest BCUT2D eigenvalue weighted by Gasteiger charge is 2.55. The molecule has 0 saturated heterocycles. The Morgan fingerprint density at radius 1 is 1.38 bits per heavy atom. The molecule has 2 bridgehead atoms. The van der Waals surface area contributed by atoms with E-state index in [0.29, 0.717) is 12.0 Å². The third-order valence-corrected chi connectivity index (χ3v) is 6.50. The number of likely N-dealkylation sites (N-methyl/N-ethyl adjacent to an activating group) is 1. The molecular weight excluding hydrogens is 326 g/mol. The van der Waals surface area contributed by atoms with Gasteiger partial charge in [-0.15, -0.1) is 0 Å². The molecular formula is C21H29N3O2. The first-order valence-electron chi connectivity index (χ1n) is 9.76. The number of rotatable bonds is 7. The van der Waals surface area contributed by atoms with Crippen LogP contribution in [0.2, 0.25) is 0 Å². The van der Waals surface area contributed by atoms with Crippen LogP contribution in [0, 0.1) is 11.8 Å². The highest BCUT2D eigenvalue weighted by atomic mass is 16.5. The van der Waals surface area contributed by atoms with E-state index in [1.165, 1.54) is 24.8 Å². The van der Waals surface area contributed by atoms with Crippen LogP contribution >= 0.6 is 0 Å². The minimum absolute atomic E-state index is 0.0105. The largest absolute Gasteiger partial charge is 0.497 e. The van der Waals surface area contributed by atoms with Crippen molar-refractivity contribution in [3.05, 3.63) is 41.5 Å². The fourth-order valence-corrected chi connectivity index (χ4v) is 5.06. The summed E-state index contributed by atoms with van der Waals surface area (Å²) in [6, 6.07) is 8.75. The van der Waals surface area contributed by atoms with Crippen LogP contribution < -0.4 is 10.1 Å². The second kappa shape index (κ2) is 7.03. The Morgan fingerprint density at radius 3 is 2.96 bits per heavy atom. The lowest BCUT2D eigenvalue weighted by Crippen LogP contribution is -2.35. The number of hydrogen-bond acceptors (Lipinski definition) is 5. The van der Waals surface area contributed by atoms with Crippen molar-refractivity contribution >= 4 is 0 Å². The molecule has 5 nitrogen and oxygen atoms in total. The third kappa shape index (κ3) is 3.13. The molecule has 5 heteroatoms. The van der Waals surface area contributed by atoms with Gasteiger partial charge in [-0.3, -0.25) is 0 Å². The number of methoxy groups -OCH3 is 1. The number of nitrogens with zero attached hydrogens (tertiary/aromatic N) is 2. The number of aromatic nitrogens is 2. The maximum atomic E-state index is 5.86. The molecule has 4 unspecified atom stereocenters. The molecule has 140 valence electrons. The van der Waals surface area contributed by atoms with Crippen molar-refractivity contribution in [3.8, 4) is 5.75 Å². The molecule has 0 radical (unpaired) electrons. The minimum Gasteiger partial charge on any atom is -0.497 e. The van der Waals surface area contributed by atoms with Crippen molar-refractivity contribution in [2.24, 2.45) is 11.8 Å². The van der Waals surface area contributed by atoms with E-state index in [1.807, 2.05) is 13.1 Å². The molecule has 4 rings (SSSR count). The number of benzene rings is 1. The van der Waals surface area contributed by atoms with E-state index in [4.69, 9.17) is 14.2 Å². The van der Waals surface area contributed by atoms with Crippen molar-refractivity contribution in [2.45, 2.75) is 56.9 Å². The van der Waals surface area contributed by atoms with E-state index in [-0.39, 0.29) is 5.41 Å². The van der Waals surface area contributed by atoms with Crippen LogP contribution in [0.15, 0.2) is 28.8 Å². The smallest absolute Gasteiger partial charge is 0.233 e. The second-order valence-corrected chi connectivity index (χ2v) is 8.17. The Labute approximate surface area is 155 Å². The van der Waals surface area contributed by atoms with Gasteiger partial charge in [-0.25, -0.2) is 0 Å². The maximum Gasteiger partial charge on any atom is 0.233 e. The summed E-state index contributed by atoms with van der Waals surface area (Å²) in [6.45, 7) is 2.14. The third-order valence-electron chi connectivity index (χ3n) is 6.50. The molecule has 2 fully saturated rings. The van der Waals surface area contributed by atoms with Gasteiger partial charge in [0, 0.05) is 12.5 Å². The zero-order valence-corrected chi connectivity index (χ0v) is 16.0. The Hall–Kier alpha value is -1.88. The van der Waals surface area contributed by atoms with Crippen LogP contribution in [0.4, 0.5) is 0 Å². The van der Waals surface area contributed by atoms with Gasteiger partial charge in [0.25, 0.3) is 0 Å². The van der Waals surface area contributed by atoms with E-state index >= 15 is 0 Å². The summed E-state index contributed by atoms with van der Waals surface area (Å²) in [5.74, 6) is 4.03. The van der Waals surface area contributed by atoms with E-state index in [1.54, 1.807) is 7.11 Å². The molecule has 0 spiro atoms. The summed E-state index contributed by atoms with van der Waals surface area (Å²) in [5, 5.41) is 7.55. The van der Waals surface area contributed by atoms with Crippen molar-refractivity contribution in [1.82, 2.24) is 15.5 Å². The summed E-state index contributed by atoms with van der Waals surface area (Å²) in [4.78, 5) is 4.86. The Kier molecular flexibility index (Phi) is 4.74. The van der Waals surface area contributed by atoms with Crippen LogP contribution in [0.25, 0.3) is 0 Å². The summed E-state index contributed by atoms with van der Waals surface area (Å²) >= 11 is 0. The lowest BCUT2D eigenvalue weighted by Gasteiger charge is -2.34. The predicted molar refractivity (Wildman–Crippen MR) is 100 cm³/mol. The zero-order chi connectivity index (χ0) is 18.1. The molecule has 0 amide bonds. The summed E-state index contributed by atoms with van der Waals surface area (Å²) in [7, 11) is 3.69. The average Bonchev–Trinajstić information content (AvgIpc) is 3.38. The highest BCUT2D eigenvalue weighted by Crippen LogP contribution is 2.58. The second-order valence-electron chi connectivity index (χ2n) is 8.17. The average molecular weight is 355 g/mol. The predicted octanol–water partition coefficient (Wildman–Crippen LogP) is 3.53. The van der Waals surface area contributed by atoms with Gasteiger partial charge in [-0.05, 0) is 69.2 Å². The van der Waals surface area contributed by atoms with Gasteiger partial charge in [-0.2, -0.15) is 4.98 Å². The summed E-state index contributed by atoms with van der Waals surface area (Å²) < 4.78 is 11.3. The van der Waals surface area contributed by atoms with Crippen LogP contribution in [0.5, 0.6) is 5.75 Å². The lowest BCUT2D eigenvalue weighted by atomic mass is 9.69. The van der Waals surface area contributed by atoms with E-state index in [9.17, 15) is 0 Å². The molecule has 2 aromatic rings. The SMILES string of the molecule is CNC(C)Cc1noc(C2(Cc3cccc(OC)c3)CC3CCC2C3)n1. The minimum atomic E-state index is -0.0105. The number of hydrogen-bond donors (Lipinski definition) is 1. The number of fused-ring (bicyclic) bond motifs is 2. The maximum absolute atomic E-state index is 5.86. The van der Waals surface area contributed by atoms with Gasteiger partial charge in [-0.1, -0.05) is 23.7 Å². The molecule has 1 aromatic heterocycles. The molecule has 1 heterocycles. The Bertz CT molecular complexity index is 759. The normalized spacial score (nSPS) is 28.4. The molecule has 2 aliphatic carbocycles. The monoisotopic (exact) mass is 355 g/mol. The van der Waals surface area contributed by atoms with Gasteiger partial charge >= 0.3 is 0 Å².